The number of nitrogens with zero attached hydrogens (tertiary/aromatic N) is 2. The predicted molar refractivity (Wildman–Crippen MR) is 117 cm³/mol. The van der Waals surface area contributed by atoms with Gasteiger partial charge >= 0.3 is 0 Å². The first-order valence-electron chi connectivity index (χ1n) is 9.51. The highest BCUT2D eigenvalue weighted by Crippen LogP contribution is 2.20. The second kappa shape index (κ2) is 14.7. The molecule has 0 saturated heterocycles. The lowest BCUT2D eigenvalue weighted by molar-refractivity contribution is -0.130. The summed E-state index contributed by atoms with van der Waals surface area (Å²) in [5, 5.41) is 9.38. The molecule has 3 amide bonds. The van der Waals surface area contributed by atoms with E-state index in [-0.39, 0.29) is 12.8 Å². The molecule has 0 radical (unpaired) electrons. The molecular formula is C20H33N7O3. The van der Waals surface area contributed by atoms with Gasteiger partial charge < -0.3 is 27.8 Å². The SMILES string of the molecule is CCn1nc(CC(=O)N[C@@H](CC(N)=O)C(=O)NC)cc1-c1ccccc1.CN.CN. The van der Waals surface area contributed by atoms with Gasteiger partial charge in [0.1, 0.15) is 6.04 Å². The first-order valence-corrected chi connectivity index (χ1v) is 9.51. The maximum absolute atomic E-state index is 12.3. The number of benzene rings is 1. The van der Waals surface area contributed by atoms with Crippen LogP contribution in [0.15, 0.2) is 36.4 Å². The zero-order valence-corrected chi connectivity index (χ0v) is 18.0. The Bertz CT molecular complexity index is 791. The Balaban J connectivity index is 0.00000198. The van der Waals surface area contributed by atoms with Crippen molar-refractivity contribution in [2.75, 3.05) is 21.1 Å². The molecule has 0 aliphatic heterocycles. The molecule has 0 fully saturated rings. The minimum Gasteiger partial charge on any atom is -0.370 e. The van der Waals surface area contributed by atoms with Gasteiger partial charge in [-0.15, -0.1) is 0 Å². The third-order valence-corrected chi connectivity index (χ3v) is 3.84. The van der Waals surface area contributed by atoms with Crippen LogP contribution < -0.4 is 27.8 Å². The van der Waals surface area contributed by atoms with Crippen molar-refractivity contribution in [3.63, 3.8) is 0 Å². The lowest BCUT2D eigenvalue weighted by Crippen LogP contribution is -2.48. The summed E-state index contributed by atoms with van der Waals surface area (Å²) >= 11 is 0. The molecule has 0 spiro atoms. The summed E-state index contributed by atoms with van der Waals surface area (Å²) in [6, 6.07) is 10.6. The summed E-state index contributed by atoms with van der Waals surface area (Å²) in [6.45, 7) is 2.63. The van der Waals surface area contributed by atoms with Crippen LogP contribution in [0.25, 0.3) is 11.3 Å². The zero-order valence-electron chi connectivity index (χ0n) is 18.0. The van der Waals surface area contributed by atoms with Crippen LogP contribution in [-0.4, -0.2) is 54.7 Å². The van der Waals surface area contributed by atoms with Gasteiger partial charge in [0.2, 0.25) is 17.7 Å². The minimum absolute atomic E-state index is 0.000903. The molecule has 0 aliphatic rings. The summed E-state index contributed by atoms with van der Waals surface area (Å²) in [6.07, 6.45) is -0.261. The average Bonchev–Trinajstić information content (AvgIpc) is 3.18. The molecule has 0 aliphatic carbocycles. The number of hydrogen-bond acceptors (Lipinski definition) is 6. The number of rotatable bonds is 8. The number of hydrogen-bond donors (Lipinski definition) is 5. The number of carbonyl (C=O) groups excluding carboxylic acids is 3. The lowest BCUT2D eigenvalue weighted by atomic mass is 10.1. The quantitative estimate of drug-likeness (QED) is 0.381. The maximum atomic E-state index is 12.3. The van der Waals surface area contributed by atoms with Crippen LogP contribution in [0.4, 0.5) is 0 Å². The first-order chi connectivity index (χ1) is 14.4. The number of aromatic nitrogens is 2. The minimum atomic E-state index is -0.994. The Morgan fingerprint density at radius 1 is 1.10 bits per heavy atom. The molecule has 1 heterocycles. The average molecular weight is 420 g/mol. The van der Waals surface area contributed by atoms with Crippen molar-refractivity contribution in [2.24, 2.45) is 17.2 Å². The number of likely N-dealkylation sites (N-methyl/N-ethyl adjacent to an activating group) is 1. The Labute approximate surface area is 177 Å². The van der Waals surface area contributed by atoms with Crippen molar-refractivity contribution in [1.29, 1.82) is 0 Å². The standard InChI is InChI=1S/C18H23N5O3.2CH5N/c1-3-23-15(12-7-5-4-6-8-12)9-13(22-23)10-17(25)21-14(11-16(19)24)18(26)20-2;2*1-2/h4-9,14H,3,10-11H2,1-2H3,(H2,19,24)(H,20,26)(H,21,25);2*2H2,1H3/t14-;;/m0../s1. The van der Waals surface area contributed by atoms with Crippen molar-refractivity contribution < 1.29 is 14.4 Å². The fourth-order valence-corrected chi connectivity index (χ4v) is 2.63. The molecule has 0 saturated carbocycles. The molecular weight excluding hydrogens is 386 g/mol. The van der Waals surface area contributed by atoms with Gasteiger partial charge in [0, 0.05) is 13.6 Å². The molecule has 1 atom stereocenters. The Kier molecular flexibility index (Phi) is 13.1. The third kappa shape index (κ3) is 8.41. The number of aryl methyl sites for hydroxylation is 1. The highest BCUT2D eigenvalue weighted by atomic mass is 16.2. The molecule has 1 aromatic carbocycles. The largest absolute Gasteiger partial charge is 0.370 e. The van der Waals surface area contributed by atoms with Gasteiger partial charge in [-0.1, -0.05) is 30.3 Å². The Morgan fingerprint density at radius 3 is 2.20 bits per heavy atom. The molecule has 166 valence electrons. The normalized spacial score (nSPS) is 10.5. The zero-order chi connectivity index (χ0) is 23.1. The monoisotopic (exact) mass is 419 g/mol. The molecule has 8 N–H and O–H groups in total. The van der Waals surface area contributed by atoms with E-state index in [9.17, 15) is 14.4 Å². The maximum Gasteiger partial charge on any atom is 0.242 e. The number of carbonyl (C=O) groups is 3. The number of primary amides is 1. The summed E-state index contributed by atoms with van der Waals surface area (Å²) < 4.78 is 1.82. The molecule has 2 rings (SSSR count). The van der Waals surface area contributed by atoms with Crippen molar-refractivity contribution >= 4 is 17.7 Å². The smallest absolute Gasteiger partial charge is 0.242 e. The highest BCUT2D eigenvalue weighted by Gasteiger charge is 2.22. The van der Waals surface area contributed by atoms with E-state index < -0.39 is 23.8 Å². The van der Waals surface area contributed by atoms with E-state index in [0.717, 1.165) is 11.3 Å². The molecule has 10 heteroatoms. The van der Waals surface area contributed by atoms with E-state index >= 15 is 0 Å². The van der Waals surface area contributed by atoms with Crippen molar-refractivity contribution in [3.8, 4) is 11.3 Å². The summed E-state index contributed by atoms with van der Waals surface area (Å²) in [5.41, 5.74) is 16.6. The van der Waals surface area contributed by atoms with Crippen LogP contribution in [0.1, 0.15) is 19.0 Å². The summed E-state index contributed by atoms with van der Waals surface area (Å²) in [7, 11) is 4.43. The molecule has 0 bridgehead atoms. The molecule has 1 aromatic heterocycles. The number of nitrogens with two attached hydrogens (primary N) is 3. The second-order valence-corrected chi connectivity index (χ2v) is 5.78. The number of amides is 3. The predicted octanol–water partition coefficient (Wildman–Crippen LogP) is -0.631. The van der Waals surface area contributed by atoms with Crippen molar-refractivity contribution in [3.05, 3.63) is 42.1 Å². The van der Waals surface area contributed by atoms with Crippen LogP contribution in [0, 0.1) is 0 Å². The van der Waals surface area contributed by atoms with Gasteiger partial charge in [-0.3, -0.25) is 19.1 Å². The van der Waals surface area contributed by atoms with E-state index in [1.54, 1.807) is 0 Å². The van der Waals surface area contributed by atoms with E-state index in [0.29, 0.717) is 12.2 Å². The fourth-order valence-electron chi connectivity index (χ4n) is 2.63. The molecule has 10 nitrogen and oxygen atoms in total. The van der Waals surface area contributed by atoms with Gasteiger partial charge in [0.25, 0.3) is 0 Å². The van der Waals surface area contributed by atoms with Gasteiger partial charge in [-0.25, -0.2) is 0 Å². The van der Waals surface area contributed by atoms with Crippen LogP contribution in [0.3, 0.4) is 0 Å². The third-order valence-electron chi connectivity index (χ3n) is 3.84. The van der Waals surface area contributed by atoms with Crippen molar-refractivity contribution in [1.82, 2.24) is 20.4 Å². The highest BCUT2D eigenvalue weighted by molar-refractivity contribution is 5.91. The van der Waals surface area contributed by atoms with E-state index in [1.165, 1.54) is 21.1 Å². The lowest BCUT2D eigenvalue weighted by Gasteiger charge is -2.15. The Hall–Kier alpha value is -3.24. The Morgan fingerprint density at radius 2 is 1.70 bits per heavy atom. The van der Waals surface area contributed by atoms with Crippen LogP contribution >= 0.6 is 0 Å². The summed E-state index contributed by atoms with van der Waals surface area (Å²) in [5.74, 6) is -1.54. The van der Waals surface area contributed by atoms with E-state index in [2.05, 4.69) is 27.2 Å². The topological polar surface area (TPSA) is 171 Å². The fraction of sp³-hybridized carbons (Fsp3) is 0.400. The number of nitrogens with one attached hydrogen (secondary N) is 2. The van der Waals surface area contributed by atoms with Gasteiger partial charge in [-0.05, 0) is 32.6 Å². The first kappa shape index (κ1) is 26.8. The van der Waals surface area contributed by atoms with E-state index in [4.69, 9.17) is 5.73 Å². The van der Waals surface area contributed by atoms with Gasteiger partial charge in [-0.2, -0.15) is 5.10 Å². The van der Waals surface area contributed by atoms with Gasteiger partial charge in [0.15, 0.2) is 0 Å². The van der Waals surface area contributed by atoms with Crippen LogP contribution in [0.2, 0.25) is 0 Å². The molecule has 2 aromatic rings. The molecule has 30 heavy (non-hydrogen) atoms. The second-order valence-electron chi connectivity index (χ2n) is 5.78. The summed E-state index contributed by atoms with van der Waals surface area (Å²) in [4.78, 5) is 35.1. The molecule has 0 unspecified atom stereocenters. The van der Waals surface area contributed by atoms with Crippen LogP contribution in [0.5, 0.6) is 0 Å². The van der Waals surface area contributed by atoms with Crippen molar-refractivity contribution in [2.45, 2.75) is 32.4 Å². The van der Waals surface area contributed by atoms with E-state index in [1.807, 2.05) is 48.0 Å². The van der Waals surface area contributed by atoms with Gasteiger partial charge in [0.05, 0.1) is 24.2 Å². The van der Waals surface area contributed by atoms with Crippen LogP contribution in [-0.2, 0) is 27.3 Å².